The molecule has 1 saturated heterocycles. The van der Waals surface area contributed by atoms with Gasteiger partial charge < -0.3 is 9.64 Å². The second-order valence-electron chi connectivity index (χ2n) is 6.42. The molecule has 7 heteroatoms. The summed E-state index contributed by atoms with van der Waals surface area (Å²) in [4.78, 5) is 11.5. The van der Waals surface area contributed by atoms with E-state index in [2.05, 4.69) is 39.5 Å². The van der Waals surface area contributed by atoms with Gasteiger partial charge in [-0.05, 0) is 30.7 Å². The minimum Gasteiger partial charge on any atom is -0.378 e. The summed E-state index contributed by atoms with van der Waals surface area (Å²) in [6.45, 7) is 4.92. The molecule has 138 valence electrons. The number of morpholine rings is 1. The fourth-order valence-corrected chi connectivity index (χ4v) is 3.17. The Morgan fingerprint density at radius 1 is 1.15 bits per heavy atom. The van der Waals surface area contributed by atoms with E-state index >= 15 is 0 Å². The zero-order valence-corrected chi connectivity index (χ0v) is 15.8. The molecule has 0 radical (unpaired) electrons. The monoisotopic (exact) mass is 381 g/mol. The Morgan fingerprint density at radius 3 is 2.81 bits per heavy atom. The summed E-state index contributed by atoms with van der Waals surface area (Å²) in [6.07, 6.45) is 1.78. The van der Waals surface area contributed by atoms with Crippen LogP contribution in [0.4, 0.5) is 11.8 Å². The standard InChI is InChI=1S/C20H20ClN5O/c1-14-3-2-4-15(11-14)13-22-25-19-17-6-5-16(21)12-18(17)23-20(24-19)26-7-9-27-10-8-26/h2-6,11-13H,7-10H2,1H3,(H,23,24,25). The molecule has 2 aromatic carbocycles. The van der Waals surface area contributed by atoms with Crippen LogP contribution < -0.4 is 10.3 Å². The van der Waals surface area contributed by atoms with Crippen molar-refractivity contribution in [3.05, 3.63) is 58.6 Å². The van der Waals surface area contributed by atoms with E-state index in [0.717, 1.165) is 29.6 Å². The van der Waals surface area contributed by atoms with Crippen LogP contribution in [-0.4, -0.2) is 42.5 Å². The molecule has 0 atom stereocenters. The van der Waals surface area contributed by atoms with Crippen LogP contribution in [0.3, 0.4) is 0 Å². The highest BCUT2D eigenvalue weighted by atomic mass is 35.5. The maximum Gasteiger partial charge on any atom is 0.228 e. The minimum absolute atomic E-state index is 0.642. The van der Waals surface area contributed by atoms with E-state index in [-0.39, 0.29) is 0 Å². The molecular weight excluding hydrogens is 362 g/mol. The number of benzene rings is 2. The number of aromatic nitrogens is 2. The molecule has 1 aromatic heterocycles. The van der Waals surface area contributed by atoms with Gasteiger partial charge in [0, 0.05) is 23.5 Å². The van der Waals surface area contributed by atoms with E-state index in [4.69, 9.17) is 21.3 Å². The van der Waals surface area contributed by atoms with Crippen LogP contribution in [-0.2, 0) is 4.74 Å². The summed E-state index contributed by atoms with van der Waals surface area (Å²) >= 11 is 6.16. The van der Waals surface area contributed by atoms with Gasteiger partial charge in [0.05, 0.1) is 24.9 Å². The van der Waals surface area contributed by atoms with Crippen LogP contribution in [0.2, 0.25) is 5.02 Å². The van der Waals surface area contributed by atoms with E-state index < -0.39 is 0 Å². The first-order chi connectivity index (χ1) is 13.2. The lowest BCUT2D eigenvalue weighted by molar-refractivity contribution is 0.122. The van der Waals surface area contributed by atoms with E-state index in [9.17, 15) is 0 Å². The van der Waals surface area contributed by atoms with Crippen LogP contribution in [0, 0.1) is 6.92 Å². The number of nitrogens with zero attached hydrogens (tertiary/aromatic N) is 4. The van der Waals surface area contributed by atoms with Crippen LogP contribution in [0.25, 0.3) is 10.9 Å². The van der Waals surface area contributed by atoms with Gasteiger partial charge in [-0.1, -0.05) is 41.4 Å². The number of hydrogen-bond acceptors (Lipinski definition) is 6. The van der Waals surface area contributed by atoms with Gasteiger partial charge >= 0.3 is 0 Å². The summed E-state index contributed by atoms with van der Waals surface area (Å²) in [5, 5.41) is 5.89. The summed E-state index contributed by atoms with van der Waals surface area (Å²) in [5.41, 5.74) is 6.07. The zero-order chi connectivity index (χ0) is 18.6. The van der Waals surface area contributed by atoms with Crippen molar-refractivity contribution in [3.8, 4) is 0 Å². The third-order valence-electron chi connectivity index (χ3n) is 4.37. The average Bonchev–Trinajstić information content (AvgIpc) is 2.68. The number of fused-ring (bicyclic) bond motifs is 1. The predicted octanol–water partition coefficient (Wildman–Crippen LogP) is 3.87. The molecule has 1 N–H and O–H groups in total. The lowest BCUT2D eigenvalue weighted by atomic mass is 10.2. The fourth-order valence-electron chi connectivity index (χ4n) is 3.00. The van der Waals surface area contributed by atoms with Gasteiger partial charge in [0.2, 0.25) is 5.95 Å². The molecule has 3 aromatic rings. The molecule has 27 heavy (non-hydrogen) atoms. The quantitative estimate of drug-likeness (QED) is 0.549. The van der Waals surface area contributed by atoms with Crippen LogP contribution >= 0.6 is 11.6 Å². The van der Waals surface area contributed by atoms with Crippen molar-refractivity contribution in [2.75, 3.05) is 36.6 Å². The molecule has 0 amide bonds. The molecule has 0 aliphatic carbocycles. The van der Waals surface area contributed by atoms with Gasteiger partial charge in [0.25, 0.3) is 0 Å². The van der Waals surface area contributed by atoms with Gasteiger partial charge in [-0.15, -0.1) is 0 Å². The lowest BCUT2D eigenvalue weighted by Crippen LogP contribution is -2.37. The largest absolute Gasteiger partial charge is 0.378 e. The van der Waals surface area contributed by atoms with E-state index in [1.54, 1.807) is 6.21 Å². The highest BCUT2D eigenvalue weighted by molar-refractivity contribution is 6.31. The van der Waals surface area contributed by atoms with Crippen molar-refractivity contribution in [1.82, 2.24) is 9.97 Å². The van der Waals surface area contributed by atoms with Crippen LogP contribution in [0.1, 0.15) is 11.1 Å². The Hall–Kier alpha value is -2.70. The van der Waals surface area contributed by atoms with Gasteiger partial charge in [0.15, 0.2) is 5.82 Å². The maximum atomic E-state index is 6.16. The Labute approximate surface area is 162 Å². The first-order valence-electron chi connectivity index (χ1n) is 8.85. The van der Waals surface area contributed by atoms with E-state index in [0.29, 0.717) is 30.0 Å². The predicted molar refractivity (Wildman–Crippen MR) is 110 cm³/mol. The number of aryl methyl sites for hydroxylation is 1. The smallest absolute Gasteiger partial charge is 0.228 e. The van der Waals surface area contributed by atoms with Gasteiger partial charge in [-0.2, -0.15) is 10.1 Å². The molecular formula is C20H20ClN5O. The molecule has 2 heterocycles. The number of hydrazone groups is 1. The molecule has 0 saturated carbocycles. The van der Waals surface area contributed by atoms with Crippen molar-refractivity contribution in [2.24, 2.45) is 5.10 Å². The Morgan fingerprint density at radius 2 is 2.00 bits per heavy atom. The highest BCUT2D eigenvalue weighted by Crippen LogP contribution is 2.26. The summed E-state index contributed by atoms with van der Waals surface area (Å²) in [5.74, 6) is 1.31. The normalized spacial score (nSPS) is 14.8. The maximum absolute atomic E-state index is 6.16. The van der Waals surface area contributed by atoms with Crippen molar-refractivity contribution in [3.63, 3.8) is 0 Å². The second kappa shape index (κ2) is 7.90. The van der Waals surface area contributed by atoms with Crippen LogP contribution in [0.15, 0.2) is 47.6 Å². The third kappa shape index (κ3) is 4.18. The van der Waals surface area contributed by atoms with Gasteiger partial charge in [-0.3, -0.25) is 5.43 Å². The minimum atomic E-state index is 0.642. The van der Waals surface area contributed by atoms with Crippen LogP contribution in [0.5, 0.6) is 0 Å². The first-order valence-corrected chi connectivity index (χ1v) is 9.22. The zero-order valence-electron chi connectivity index (χ0n) is 15.0. The third-order valence-corrected chi connectivity index (χ3v) is 4.60. The second-order valence-corrected chi connectivity index (χ2v) is 6.85. The summed E-state index contributed by atoms with van der Waals surface area (Å²) < 4.78 is 5.42. The summed E-state index contributed by atoms with van der Waals surface area (Å²) in [7, 11) is 0. The molecule has 1 aliphatic rings. The van der Waals surface area contributed by atoms with E-state index in [1.165, 1.54) is 5.56 Å². The molecule has 1 aliphatic heterocycles. The topological polar surface area (TPSA) is 62.6 Å². The Bertz CT molecular complexity index is 985. The van der Waals surface area contributed by atoms with Gasteiger partial charge in [-0.25, -0.2) is 4.98 Å². The van der Waals surface area contributed by atoms with E-state index in [1.807, 2.05) is 30.3 Å². The van der Waals surface area contributed by atoms with Crippen molar-refractivity contribution < 1.29 is 4.74 Å². The number of halogens is 1. The van der Waals surface area contributed by atoms with Gasteiger partial charge in [0.1, 0.15) is 0 Å². The lowest BCUT2D eigenvalue weighted by Gasteiger charge is -2.27. The number of nitrogens with one attached hydrogen (secondary N) is 1. The molecule has 6 nitrogen and oxygen atoms in total. The molecule has 0 unspecified atom stereocenters. The molecule has 4 rings (SSSR count). The van der Waals surface area contributed by atoms with Crippen molar-refractivity contribution in [1.29, 1.82) is 0 Å². The first kappa shape index (κ1) is 17.7. The Balaban J connectivity index is 1.67. The molecule has 1 fully saturated rings. The summed E-state index contributed by atoms with van der Waals surface area (Å²) in [6, 6.07) is 13.7. The number of anilines is 2. The number of hydrogen-bond donors (Lipinski definition) is 1. The highest BCUT2D eigenvalue weighted by Gasteiger charge is 2.16. The fraction of sp³-hybridized carbons (Fsp3) is 0.250. The Kier molecular flexibility index (Phi) is 5.18. The van der Waals surface area contributed by atoms with Crippen molar-refractivity contribution >= 4 is 40.5 Å². The number of ether oxygens (including phenoxy) is 1. The SMILES string of the molecule is Cc1cccc(C=NNc2nc(N3CCOCC3)nc3cc(Cl)ccc23)c1. The van der Waals surface area contributed by atoms with Crippen molar-refractivity contribution in [2.45, 2.75) is 6.92 Å². The molecule has 0 spiro atoms. The number of rotatable bonds is 4. The molecule has 0 bridgehead atoms. The average molecular weight is 382 g/mol.